The van der Waals surface area contributed by atoms with E-state index in [1.54, 1.807) is 12.1 Å². The number of nitrogens with one attached hydrogen (secondary N) is 1. The Hall–Kier alpha value is -3.88. The molecule has 33 heavy (non-hydrogen) atoms. The maximum Gasteiger partial charge on any atom is 0.306 e. The molecule has 1 saturated carbocycles. The van der Waals surface area contributed by atoms with Gasteiger partial charge in [0.05, 0.1) is 40.6 Å². The molecule has 0 saturated heterocycles. The fraction of sp³-hybridized carbons (Fsp3) is 0.250. The molecule has 0 atom stereocenters. The van der Waals surface area contributed by atoms with E-state index in [0.29, 0.717) is 59.7 Å². The van der Waals surface area contributed by atoms with Gasteiger partial charge < -0.3 is 14.8 Å². The zero-order valence-electron chi connectivity index (χ0n) is 17.5. The van der Waals surface area contributed by atoms with Crippen molar-refractivity contribution >= 4 is 17.0 Å². The zero-order chi connectivity index (χ0) is 22.9. The third kappa shape index (κ3) is 4.39. The van der Waals surface area contributed by atoms with E-state index >= 15 is 0 Å². The molecule has 2 N–H and O–H groups in total. The molecule has 7 nitrogen and oxygen atoms in total. The van der Waals surface area contributed by atoms with Gasteiger partial charge in [0.25, 0.3) is 0 Å². The zero-order valence-corrected chi connectivity index (χ0v) is 17.5. The van der Waals surface area contributed by atoms with Gasteiger partial charge in [0.15, 0.2) is 0 Å². The standard InChI is InChI=1S/C24H20F2N4O3/c25-15-4-8-19-20(10-15)30-23(29-19)17-7-3-14(9-18(17)26)21-11-28-22(12-27-21)33-16-5-1-13(2-6-16)24(31)32/h3-4,7-13,16H,1-2,5-6H2,(H,29,30)(H,31,32)/t13-,16+. The minimum Gasteiger partial charge on any atom is -0.481 e. The number of nitrogens with zero attached hydrogens (tertiary/aromatic N) is 3. The average molecular weight is 450 g/mol. The Morgan fingerprint density at radius 1 is 1.03 bits per heavy atom. The summed E-state index contributed by atoms with van der Waals surface area (Å²) in [6, 6.07) is 8.80. The summed E-state index contributed by atoms with van der Waals surface area (Å²) in [7, 11) is 0. The summed E-state index contributed by atoms with van der Waals surface area (Å²) < 4.78 is 34.1. The molecule has 0 spiro atoms. The highest BCUT2D eigenvalue weighted by atomic mass is 19.1. The molecule has 9 heteroatoms. The van der Waals surface area contributed by atoms with Crippen LogP contribution in [0.1, 0.15) is 25.7 Å². The predicted molar refractivity (Wildman–Crippen MR) is 116 cm³/mol. The van der Waals surface area contributed by atoms with E-state index in [2.05, 4.69) is 19.9 Å². The second-order valence-corrected chi connectivity index (χ2v) is 8.11. The van der Waals surface area contributed by atoms with Gasteiger partial charge in [-0.15, -0.1) is 0 Å². The Balaban J connectivity index is 1.29. The van der Waals surface area contributed by atoms with Crippen LogP contribution in [0.25, 0.3) is 33.7 Å². The lowest BCUT2D eigenvalue weighted by Crippen LogP contribution is -2.28. The summed E-state index contributed by atoms with van der Waals surface area (Å²) >= 11 is 0. The number of fused-ring (bicyclic) bond motifs is 1. The van der Waals surface area contributed by atoms with Crippen molar-refractivity contribution in [3.05, 3.63) is 60.4 Å². The lowest BCUT2D eigenvalue weighted by atomic mass is 9.87. The molecular formula is C24H20F2N4O3. The summed E-state index contributed by atoms with van der Waals surface area (Å²) in [5.74, 6) is -1.30. The highest BCUT2D eigenvalue weighted by Crippen LogP contribution is 2.29. The van der Waals surface area contributed by atoms with Crippen LogP contribution in [0.3, 0.4) is 0 Å². The molecular weight excluding hydrogens is 430 g/mol. The van der Waals surface area contributed by atoms with Crippen molar-refractivity contribution in [2.75, 3.05) is 0 Å². The lowest BCUT2D eigenvalue weighted by Gasteiger charge is -2.26. The number of aliphatic carboxylic acids is 1. The summed E-state index contributed by atoms with van der Waals surface area (Å²) in [4.78, 5) is 26.9. The number of carbonyl (C=O) groups is 1. The Labute approximate surface area is 187 Å². The monoisotopic (exact) mass is 450 g/mol. The predicted octanol–water partition coefficient (Wildman–Crippen LogP) is 4.99. The molecule has 0 aliphatic heterocycles. The van der Waals surface area contributed by atoms with Gasteiger partial charge in [0, 0.05) is 5.56 Å². The first kappa shape index (κ1) is 21.0. The van der Waals surface area contributed by atoms with Crippen LogP contribution in [0, 0.1) is 17.6 Å². The van der Waals surface area contributed by atoms with E-state index in [1.807, 2.05) is 0 Å². The molecule has 168 valence electrons. The second-order valence-electron chi connectivity index (χ2n) is 8.11. The van der Waals surface area contributed by atoms with E-state index in [9.17, 15) is 13.6 Å². The van der Waals surface area contributed by atoms with Crippen LogP contribution in [0.2, 0.25) is 0 Å². The first-order valence-corrected chi connectivity index (χ1v) is 10.6. The highest BCUT2D eigenvalue weighted by molar-refractivity contribution is 5.80. The van der Waals surface area contributed by atoms with E-state index < -0.39 is 17.6 Å². The van der Waals surface area contributed by atoms with Crippen molar-refractivity contribution in [3.8, 4) is 28.5 Å². The topological polar surface area (TPSA) is 101 Å². The van der Waals surface area contributed by atoms with Crippen molar-refractivity contribution in [1.82, 2.24) is 19.9 Å². The smallest absolute Gasteiger partial charge is 0.306 e. The van der Waals surface area contributed by atoms with Crippen molar-refractivity contribution in [1.29, 1.82) is 0 Å². The number of carboxylic acid groups (broad SMARTS) is 1. The SMILES string of the molecule is O=C(O)[C@H]1CC[C@@H](Oc2cnc(-c3ccc(-c4nc5ccc(F)cc5[nH]4)c(F)c3)cn2)CC1. The molecule has 4 aromatic rings. The number of carboxylic acids is 1. The number of aromatic amines is 1. The average Bonchev–Trinajstić information content (AvgIpc) is 3.22. The van der Waals surface area contributed by atoms with Crippen molar-refractivity contribution in [3.63, 3.8) is 0 Å². The minimum atomic E-state index is -0.759. The van der Waals surface area contributed by atoms with Crippen LogP contribution < -0.4 is 4.74 Å². The molecule has 0 amide bonds. The highest BCUT2D eigenvalue weighted by Gasteiger charge is 2.27. The number of aromatic nitrogens is 4. The fourth-order valence-corrected chi connectivity index (χ4v) is 4.10. The van der Waals surface area contributed by atoms with Gasteiger partial charge in [-0.25, -0.2) is 23.7 Å². The number of hydrogen-bond acceptors (Lipinski definition) is 5. The summed E-state index contributed by atoms with van der Waals surface area (Å²) in [5, 5.41) is 9.09. The first-order valence-electron chi connectivity index (χ1n) is 10.6. The second kappa shape index (κ2) is 8.57. The fourth-order valence-electron chi connectivity index (χ4n) is 4.10. The number of imidazole rings is 1. The molecule has 2 aromatic carbocycles. The molecule has 2 heterocycles. The third-order valence-electron chi connectivity index (χ3n) is 5.90. The van der Waals surface area contributed by atoms with Crippen LogP contribution in [-0.2, 0) is 4.79 Å². The maximum absolute atomic E-state index is 14.9. The molecule has 1 aliphatic carbocycles. The molecule has 0 radical (unpaired) electrons. The van der Waals surface area contributed by atoms with Crippen LogP contribution >= 0.6 is 0 Å². The van der Waals surface area contributed by atoms with Crippen LogP contribution in [0.4, 0.5) is 8.78 Å². The minimum absolute atomic E-state index is 0.0882. The molecule has 2 aromatic heterocycles. The third-order valence-corrected chi connectivity index (χ3v) is 5.90. The molecule has 0 bridgehead atoms. The number of benzene rings is 2. The van der Waals surface area contributed by atoms with Crippen molar-refractivity contribution in [2.24, 2.45) is 5.92 Å². The molecule has 5 rings (SSSR count). The summed E-state index contributed by atoms with van der Waals surface area (Å²) in [6.45, 7) is 0. The number of halogens is 2. The normalized spacial score (nSPS) is 18.4. The first-order chi connectivity index (χ1) is 16.0. The summed E-state index contributed by atoms with van der Waals surface area (Å²) in [5.41, 5.74) is 2.33. The number of H-pyrrole nitrogens is 1. The summed E-state index contributed by atoms with van der Waals surface area (Å²) in [6.07, 6.45) is 5.38. The van der Waals surface area contributed by atoms with Gasteiger partial charge in [-0.2, -0.15) is 0 Å². The Morgan fingerprint density at radius 3 is 2.55 bits per heavy atom. The number of ether oxygens (including phenoxy) is 1. The van der Waals surface area contributed by atoms with Gasteiger partial charge >= 0.3 is 5.97 Å². The van der Waals surface area contributed by atoms with Gasteiger partial charge in [-0.05, 0) is 56.0 Å². The largest absolute Gasteiger partial charge is 0.481 e. The Morgan fingerprint density at radius 2 is 1.85 bits per heavy atom. The van der Waals surface area contributed by atoms with Gasteiger partial charge in [0.2, 0.25) is 5.88 Å². The quantitative estimate of drug-likeness (QED) is 0.444. The Kier molecular flexibility index (Phi) is 5.45. The van der Waals surface area contributed by atoms with E-state index in [4.69, 9.17) is 9.84 Å². The number of hydrogen-bond donors (Lipinski definition) is 2. The Bertz CT molecular complexity index is 1320. The van der Waals surface area contributed by atoms with E-state index in [1.165, 1.54) is 36.7 Å². The van der Waals surface area contributed by atoms with Gasteiger partial charge in [-0.1, -0.05) is 6.07 Å². The lowest BCUT2D eigenvalue weighted by molar-refractivity contribution is -0.143. The van der Waals surface area contributed by atoms with Crippen molar-refractivity contribution in [2.45, 2.75) is 31.8 Å². The molecule has 1 fully saturated rings. The van der Waals surface area contributed by atoms with Gasteiger partial charge in [0.1, 0.15) is 23.6 Å². The maximum atomic E-state index is 14.9. The van der Waals surface area contributed by atoms with E-state index in [-0.39, 0.29) is 17.6 Å². The van der Waals surface area contributed by atoms with Crippen molar-refractivity contribution < 1.29 is 23.4 Å². The van der Waals surface area contributed by atoms with Crippen LogP contribution in [-0.4, -0.2) is 37.1 Å². The van der Waals surface area contributed by atoms with Crippen LogP contribution in [0.15, 0.2) is 48.8 Å². The number of rotatable bonds is 5. The van der Waals surface area contributed by atoms with Crippen LogP contribution in [0.5, 0.6) is 5.88 Å². The van der Waals surface area contributed by atoms with Gasteiger partial charge in [-0.3, -0.25) is 4.79 Å². The molecule has 1 aliphatic rings. The molecule has 0 unspecified atom stereocenters. The van der Waals surface area contributed by atoms with E-state index in [0.717, 1.165) is 0 Å².